The molecule has 0 radical (unpaired) electrons. The Morgan fingerprint density at radius 1 is 1.22 bits per heavy atom. The molecule has 146 valence electrons. The molecular weight excluding hydrogens is 390 g/mol. The van der Waals surface area contributed by atoms with Crippen LogP contribution in [0.25, 0.3) is 0 Å². The van der Waals surface area contributed by atoms with Crippen molar-refractivity contribution in [2.24, 2.45) is 0 Å². The fraction of sp³-hybridized carbons (Fsp3) is 0.353. The summed E-state index contributed by atoms with van der Waals surface area (Å²) in [5.41, 5.74) is 0.772. The second-order valence-corrected chi connectivity index (χ2v) is 8.09. The van der Waals surface area contributed by atoms with Gasteiger partial charge in [0.2, 0.25) is 15.9 Å². The third-order valence-electron chi connectivity index (χ3n) is 3.55. The summed E-state index contributed by atoms with van der Waals surface area (Å²) in [6, 6.07) is 5.49. The van der Waals surface area contributed by atoms with Gasteiger partial charge in [-0.1, -0.05) is 6.92 Å². The van der Waals surface area contributed by atoms with E-state index >= 15 is 0 Å². The molecule has 0 aliphatic carbocycles. The lowest BCUT2D eigenvalue weighted by Crippen LogP contribution is -2.27. The van der Waals surface area contributed by atoms with Crippen LogP contribution in [-0.4, -0.2) is 38.4 Å². The van der Waals surface area contributed by atoms with Crippen LogP contribution in [0.15, 0.2) is 34.5 Å². The van der Waals surface area contributed by atoms with E-state index in [2.05, 4.69) is 9.71 Å². The number of hydrogen-bond donors (Lipinski definition) is 1. The number of anilines is 1. The molecule has 0 unspecified atom stereocenters. The van der Waals surface area contributed by atoms with Crippen molar-refractivity contribution in [3.8, 4) is 0 Å². The molecular formula is C17H21N3O5S2. The standard InChI is InChI=1S/C17H21N3O5S2/c1-4-18-27(23,24)15-8-6-13(7-9-15)16(22)25-10-14-11-26-17(19-14)20(5-2)12(3)21/h6-9,11,18H,4-5,10H2,1-3H3. The van der Waals surface area contributed by atoms with E-state index in [1.54, 1.807) is 12.3 Å². The minimum Gasteiger partial charge on any atom is -0.456 e. The van der Waals surface area contributed by atoms with Crippen molar-refractivity contribution >= 4 is 38.4 Å². The smallest absolute Gasteiger partial charge is 0.338 e. The van der Waals surface area contributed by atoms with E-state index in [1.807, 2.05) is 6.92 Å². The second-order valence-electron chi connectivity index (χ2n) is 5.49. The van der Waals surface area contributed by atoms with Crippen LogP contribution in [0.2, 0.25) is 0 Å². The topological polar surface area (TPSA) is 106 Å². The SMILES string of the molecule is CCNS(=O)(=O)c1ccc(C(=O)OCc2csc(N(CC)C(C)=O)n2)cc1. The van der Waals surface area contributed by atoms with Crippen molar-refractivity contribution in [1.82, 2.24) is 9.71 Å². The van der Waals surface area contributed by atoms with E-state index < -0.39 is 16.0 Å². The number of hydrogen-bond acceptors (Lipinski definition) is 7. The Balaban J connectivity index is 2.00. The molecule has 8 nitrogen and oxygen atoms in total. The number of nitrogens with one attached hydrogen (secondary N) is 1. The summed E-state index contributed by atoms with van der Waals surface area (Å²) in [5, 5.41) is 2.27. The summed E-state index contributed by atoms with van der Waals surface area (Å²) in [4.78, 5) is 29.6. The number of rotatable bonds is 8. The molecule has 0 atom stereocenters. The lowest BCUT2D eigenvalue weighted by atomic mass is 10.2. The molecule has 2 rings (SSSR count). The van der Waals surface area contributed by atoms with Gasteiger partial charge in [0.05, 0.1) is 16.2 Å². The first kappa shape index (κ1) is 21.0. The van der Waals surface area contributed by atoms with Crippen molar-refractivity contribution < 1.29 is 22.7 Å². The van der Waals surface area contributed by atoms with Crippen LogP contribution in [0.4, 0.5) is 5.13 Å². The molecule has 2 aromatic rings. The lowest BCUT2D eigenvalue weighted by Gasteiger charge is -2.14. The first-order valence-electron chi connectivity index (χ1n) is 8.27. The number of benzene rings is 1. The number of nitrogens with zero attached hydrogens (tertiary/aromatic N) is 2. The number of amides is 1. The summed E-state index contributed by atoms with van der Waals surface area (Å²) in [6.45, 7) is 5.74. The number of carbonyl (C=O) groups excluding carboxylic acids is 2. The number of thiazole rings is 1. The van der Waals surface area contributed by atoms with Crippen molar-refractivity contribution in [2.45, 2.75) is 32.3 Å². The first-order valence-corrected chi connectivity index (χ1v) is 10.6. The number of ether oxygens (including phenoxy) is 1. The maximum atomic E-state index is 12.1. The summed E-state index contributed by atoms with van der Waals surface area (Å²) in [6.07, 6.45) is 0. The van der Waals surface area contributed by atoms with Gasteiger partial charge in [0.15, 0.2) is 5.13 Å². The zero-order valence-electron chi connectivity index (χ0n) is 15.3. The lowest BCUT2D eigenvalue weighted by molar-refractivity contribution is -0.116. The molecule has 1 aromatic heterocycles. The zero-order chi connectivity index (χ0) is 20.0. The van der Waals surface area contributed by atoms with Crippen LogP contribution in [0, 0.1) is 0 Å². The maximum Gasteiger partial charge on any atom is 0.338 e. The van der Waals surface area contributed by atoms with E-state index in [1.165, 1.54) is 47.4 Å². The maximum absolute atomic E-state index is 12.1. The highest BCUT2D eigenvalue weighted by atomic mass is 32.2. The molecule has 1 aromatic carbocycles. The Morgan fingerprint density at radius 2 is 1.89 bits per heavy atom. The van der Waals surface area contributed by atoms with Crippen LogP contribution < -0.4 is 9.62 Å². The molecule has 1 heterocycles. The van der Waals surface area contributed by atoms with Crippen LogP contribution in [-0.2, 0) is 26.2 Å². The van der Waals surface area contributed by atoms with Gasteiger partial charge in [-0.15, -0.1) is 11.3 Å². The molecule has 0 aliphatic rings. The van der Waals surface area contributed by atoms with Crippen molar-refractivity contribution in [1.29, 1.82) is 0 Å². The minimum atomic E-state index is -3.57. The number of esters is 1. The van der Waals surface area contributed by atoms with Gasteiger partial charge >= 0.3 is 5.97 Å². The Kier molecular flexibility index (Phi) is 7.05. The highest BCUT2D eigenvalue weighted by Gasteiger charge is 2.16. The van der Waals surface area contributed by atoms with E-state index in [0.717, 1.165) is 0 Å². The van der Waals surface area contributed by atoms with Crippen molar-refractivity contribution in [3.63, 3.8) is 0 Å². The molecule has 0 saturated heterocycles. The monoisotopic (exact) mass is 411 g/mol. The first-order chi connectivity index (χ1) is 12.8. The largest absolute Gasteiger partial charge is 0.456 e. The van der Waals surface area contributed by atoms with Gasteiger partial charge < -0.3 is 4.74 Å². The van der Waals surface area contributed by atoms with Crippen LogP contribution in [0.5, 0.6) is 0 Å². The molecule has 0 saturated carbocycles. The summed E-state index contributed by atoms with van der Waals surface area (Å²) < 4.78 is 31.4. The van der Waals surface area contributed by atoms with Crippen molar-refractivity contribution in [2.75, 3.05) is 18.0 Å². The Morgan fingerprint density at radius 3 is 2.44 bits per heavy atom. The zero-order valence-corrected chi connectivity index (χ0v) is 16.9. The van der Waals surface area contributed by atoms with Gasteiger partial charge in [0, 0.05) is 25.4 Å². The quantitative estimate of drug-likeness (QED) is 0.668. The van der Waals surface area contributed by atoms with Gasteiger partial charge in [-0.2, -0.15) is 0 Å². The highest BCUT2D eigenvalue weighted by Crippen LogP contribution is 2.21. The molecule has 0 fully saturated rings. The third-order valence-corrected chi connectivity index (χ3v) is 6.03. The van der Waals surface area contributed by atoms with Crippen LogP contribution in [0.3, 0.4) is 0 Å². The molecule has 1 amide bonds. The molecule has 27 heavy (non-hydrogen) atoms. The predicted octanol–water partition coefficient (Wildman–Crippen LogP) is 2.17. The normalized spacial score (nSPS) is 11.2. The van der Waals surface area contributed by atoms with Crippen molar-refractivity contribution in [3.05, 3.63) is 40.9 Å². The van der Waals surface area contributed by atoms with Gasteiger partial charge in [-0.3, -0.25) is 9.69 Å². The minimum absolute atomic E-state index is 0.0395. The fourth-order valence-electron chi connectivity index (χ4n) is 2.25. The Hall–Kier alpha value is -2.30. The molecule has 10 heteroatoms. The molecule has 1 N–H and O–H groups in total. The molecule has 0 bridgehead atoms. The predicted molar refractivity (Wildman–Crippen MR) is 102 cm³/mol. The van der Waals surface area contributed by atoms with E-state index in [-0.39, 0.29) is 29.5 Å². The average Bonchev–Trinajstić information content (AvgIpc) is 3.08. The van der Waals surface area contributed by atoms with Crippen LogP contribution >= 0.6 is 11.3 Å². The van der Waals surface area contributed by atoms with Gasteiger partial charge in [-0.05, 0) is 31.2 Å². The van der Waals surface area contributed by atoms with E-state index in [4.69, 9.17) is 4.74 Å². The van der Waals surface area contributed by atoms with E-state index in [9.17, 15) is 18.0 Å². The summed E-state index contributed by atoms with van der Waals surface area (Å²) in [7, 11) is -3.57. The fourth-order valence-corrected chi connectivity index (χ4v) is 4.20. The molecule has 0 aliphatic heterocycles. The van der Waals surface area contributed by atoms with Crippen LogP contribution in [0.1, 0.15) is 36.8 Å². The van der Waals surface area contributed by atoms with Gasteiger partial charge in [-0.25, -0.2) is 22.9 Å². The summed E-state index contributed by atoms with van der Waals surface area (Å²) in [5.74, 6) is -0.695. The van der Waals surface area contributed by atoms with Gasteiger partial charge in [0.1, 0.15) is 6.61 Å². The number of aromatic nitrogens is 1. The highest BCUT2D eigenvalue weighted by molar-refractivity contribution is 7.89. The van der Waals surface area contributed by atoms with Gasteiger partial charge in [0.25, 0.3) is 0 Å². The average molecular weight is 412 g/mol. The van der Waals surface area contributed by atoms with E-state index in [0.29, 0.717) is 17.4 Å². The second kappa shape index (κ2) is 9.07. The Labute approximate surface area is 162 Å². The summed E-state index contributed by atoms with van der Waals surface area (Å²) >= 11 is 1.30. The molecule has 0 spiro atoms. The number of carbonyl (C=O) groups is 2. The Bertz CT molecular complexity index is 907. The third kappa shape index (κ3) is 5.34. The number of sulfonamides is 1.